The number of carbonyl (C=O) groups is 1. The molecule has 1 N–H and O–H groups in total. The fourth-order valence-corrected chi connectivity index (χ4v) is 2.64. The first kappa shape index (κ1) is 15.3. The second-order valence-electron chi connectivity index (χ2n) is 4.91. The second-order valence-corrected chi connectivity index (χ2v) is 6.92. The van der Waals surface area contributed by atoms with Gasteiger partial charge in [0, 0.05) is 11.8 Å². The first-order valence-electron chi connectivity index (χ1n) is 6.54. The summed E-state index contributed by atoms with van der Waals surface area (Å²) in [6.07, 6.45) is 1.12. The minimum absolute atomic E-state index is 0.141. The highest BCUT2D eigenvalue weighted by molar-refractivity contribution is 7.90. The molecular weight excluding hydrogens is 286 g/mol. The minimum atomic E-state index is -3.32. The van der Waals surface area contributed by atoms with E-state index in [0.717, 1.165) is 11.8 Å². The number of nitrogens with one attached hydrogen (secondary N) is 1. The number of amides is 1. The third-order valence-electron chi connectivity index (χ3n) is 3.17. The van der Waals surface area contributed by atoms with Crippen LogP contribution in [0.15, 0.2) is 59.5 Å². The number of rotatable bonds is 4. The third kappa shape index (κ3) is 3.92. The Labute approximate surface area is 124 Å². The molecule has 110 valence electrons. The minimum Gasteiger partial charge on any atom is -0.346 e. The maximum Gasteiger partial charge on any atom is 0.251 e. The molecule has 0 aliphatic heterocycles. The van der Waals surface area contributed by atoms with Gasteiger partial charge in [-0.3, -0.25) is 4.79 Å². The van der Waals surface area contributed by atoms with Gasteiger partial charge in [-0.25, -0.2) is 8.42 Å². The lowest BCUT2D eigenvalue weighted by molar-refractivity contribution is 0.0939. The third-order valence-corrected chi connectivity index (χ3v) is 4.28. The zero-order valence-electron chi connectivity index (χ0n) is 11.9. The summed E-state index contributed by atoms with van der Waals surface area (Å²) in [4.78, 5) is 12.3. The molecule has 0 aliphatic rings. The van der Waals surface area contributed by atoms with Crippen LogP contribution in [0.5, 0.6) is 0 Å². The quantitative estimate of drug-likeness (QED) is 0.944. The zero-order valence-corrected chi connectivity index (χ0v) is 12.7. The summed E-state index contributed by atoms with van der Waals surface area (Å²) < 4.78 is 23.0. The van der Waals surface area contributed by atoms with Gasteiger partial charge in [0.25, 0.3) is 5.91 Å². The number of sulfone groups is 1. The van der Waals surface area contributed by atoms with Crippen molar-refractivity contribution < 1.29 is 13.2 Å². The maximum absolute atomic E-state index is 12.2. The molecule has 0 saturated carbocycles. The van der Waals surface area contributed by atoms with Gasteiger partial charge in [0.2, 0.25) is 0 Å². The number of hydrogen-bond acceptors (Lipinski definition) is 3. The van der Waals surface area contributed by atoms with E-state index in [2.05, 4.69) is 5.32 Å². The normalized spacial score (nSPS) is 12.7. The topological polar surface area (TPSA) is 63.2 Å². The van der Waals surface area contributed by atoms with Crippen LogP contribution < -0.4 is 5.32 Å². The molecule has 0 heterocycles. The van der Waals surface area contributed by atoms with E-state index in [-0.39, 0.29) is 16.8 Å². The first-order valence-corrected chi connectivity index (χ1v) is 8.43. The Bertz CT molecular complexity index is 739. The smallest absolute Gasteiger partial charge is 0.251 e. The van der Waals surface area contributed by atoms with E-state index in [1.54, 1.807) is 12.1 Å². The molecule has 2 aromatic rings. The Hall–Kier alpha value is -2.14. The molecular formula is C16H17NO3S. The van der Waals surface area contributed by atoms with E-state index in [1.165, 1.54) is 12.1 Å². The predicted octanol–water partition coefficient (Wildman–Crippen LogP) is 2.58. The second kappa shape index (κ2) is 6.10. The average Bonchev–Trinajstić information content (AvgIpc) is 2.47. The van der Waals surface area contributed by atoms with Crippen molar-refractivity contribution in [2.24, 2.45) is 0 Å². The maximum atomic E-state index is 12.2. The fraction of sp³-hybridized carbons (Fsp3) is 0.188. The number of hydrogen-bond donors (Lipinski definition) is 1. The largest absolute Gasteiger partial charge is 0.346 e. The van der Waals surface area contributed by atoms with Gasteiger partial charge in [-0.05, 0) is 30.7 Å². The van der Waals surface area contributed by atoms with Crippen LogP contribution >= 0.6 is 0 Å². The van der Waals surface area contributed by atoms with Crippen LogP contribution in [0.25, 0.3) is 0 Å². The highest BCUT2D eigenvalue weighted by atomic mass is 32.2. The molecule has 0 spiro atoms. The van der Waals surface area contributed by atoms with Crippen LogP contribution in [-0.4, -0.2) is 20.6 Å². The molecule has 0 radical (unpaired) electrons. The van der Waals surface area contributed by atoms with E-state index in [0.29, 0.717) is 5.56 Å². The zero-order chi connectivity index (χ0) is 15.5. The molecule has 0 saturated heterocycles. The van der Waals surface area contributed by atoms with Crippen molar-refractivity contribution >= 4 is 15.7 Å². The van der Waals surface area contributed by atoms with Crippen molar-refractivity contribution in [3.8, 4) is 0 Å². The molecule has 2 aromatic carbocycles. The Morgan fingerprint density at radius 1 is 1.05 bits per heavy atom. The lowest BCUT2D eigenvalue weighted by Crippen LogP contribution is -2.26. The van der Waals surface area contributed by atoms with Gasteiger partial charge in [-0.2, -0.15) is 0 Å². The van der Waals surface area contributed by atoms with Crippen LogP contribution in [-0.2, 0) is 9.84 Å². The molecule has 0 bridgehead atoms. The van der Waals surface area contributed by atoms with E-state index in [4.69, 9.17) is 0 Å². The monoisotopic (exact) mass is 303 g/mol. The van der Waals surface area contributed by atoms with Crippen LogP contribution in [0.4, 0.5) is 0 Å². The highest BCUT2D eigenvalue weighted by Gasteiger charge is 2.14. The summed E-state index contributed by atoms with van der Waals surface area (Å²) in [6.45, 7) is 1.88. The van der Waals surface area contributed by atoms with E-state index < -0.39 is 9.84 Å². The van der Waals surface area contributed by atoms with Crippen molar-refractivity contribution in [1.82, 2.24) is 5.32 Å². The van der Waals surface area contributed by atoms with Gasteiger partial charge in [-0.15, -0.1) is 0 Å². The molecule has 2 rings (SSSR count). The lowest BCUT2D eigenvalue weighted by atomic mass is 10.1. The van der Waals surface area contributed by atoms with Crippen LogP contribution in [0.2, 0.25) is 0 Å². The first-order chi connectivity index (χ1) is 9.88. The number of benzene rings is 2. The SMILES string of the molecule is CC(NC(=O)c1cccc(S(C)(=O)=O)c1)c1ccccc1. The Morgan fingerprint density at radius 3 is 2.33 bits per heavy atom. The van der Waals surface area contributed by atoms with E-state index in [9.17, 15) is 13.2 Å². The van der Waals surface area contributed by atoms with Crippen molar-refractivity contribution in [1.29, 1.82) is 0 Å². The molecule has 1 unspecified atom stereocenters. The molecule has 1 atom stereocenters. The summed E-state index contributed by atoms with van der Waals surface area (Å²) in [5, 5.41) is 2.86. The van der Waals surface area contributed by atoms with Crippen LogP contribution in [0.1, 0.15) is 28.9 Å². The van der Waals surface area contributed by atoms with Crippen molar-refractivity contribution in [3.63, 3.8) is 0 Å². The highest BCUT2D eigenvalue weighted by Crippen LogP contribution is 2.15. The Balaban J connectivity index is 2.18. The predicted molar refractivity (Wildman–Crippen MR) is 81.9 cm³/mol. The van der Waals surface area contributed by atoms with Gasteiger partial charge < -0.3 is 5.32 Å². The molecule has 4 nitrogen and oxygen atoms in total. The average molecular weight is 303 g/mol. The van der Waals surface area contributed by atoms with Crippen LogP contribution in [0, 0.1) is 0 Å². The Kier molecular flexibility index (Phi) is 4.43. The molecule has 0 fully saturated rings. The Morgan fingerprint density at radius 2 is 1.71 bits per heavy atom. The molecule has 1 amide bonds. The summed E-state index contributed by atoms with van der Waals surface area (Å²) in [7, 11) is -3.32. The van der Waals surface area contributed by atoms with Gasteiger partial charge in [0.1, 0.15) is 0 Å². The standard InChI is InChI=1S/C16H17NO3S/c1-12(13-7-4-3-5-8-13)17-16(18)14-9-6-10-15(11-14)21(2,19)20/h3-12H,1-2H3,(H,17,18). The van der Waals surface area contributed by atoms with Crippen molar-refractivity contribution in [2.45, 2.75) is 17.9 Å². The molecule has 5 heteroatoms. The van der Waals surface area contributed by atoms with Gasteiger partial charge in [-0.1, -0.05) is 36.4 Å². The molecule has 0 aromatic heterocycles. The molecule has 0 aliphatic carbocycles. The van der Waals surface area contributed by atoms with Crippen molar-refractivity contribution in [3.05, 3.63) is 65.7 Å². The fourth-order valence-electron chi connectivity index (χ4n) is 1.97. The van der Waals surface area contributed by atoms with Crippen molar-refractivity contribution in [2.75, 3.05) is 6.26 Å². The summed E-state index contributed by atoms with van der Waals surface area (Å²) in [5.41, 5.74) is 1.32. The summed E-state index contributed by atoms with van der Waals surface area (Å²) in [5.74, 6) is -0.295. The summed E-state index contributed by atoms with van der Waals surface area (Å²) >= 11 is 0. The lowest BCUT2D eigenvalue weighted by Gasteiger charge is -2.14. The number of carbonyl (C=O) groups excluding carboxylic acids is 1. The van der Waals surface area contributed by atoms with E-state index in [1.807, 2.05) is 37.3 Å². The van der Waals surface area contributed by atoms with Crippen LogP contribution in [0.3, 0.4) is 0 Å². The molecule has 21 heavy (non-hydrogen) atoms. The van der Waals surface area contributed by atoms with Gasteiger partial charge >= 0.3 is 0 Å². The van der Waals surface area contributed by atoms with E-state index >= 15 is 0 Å². The van der Waals surface area contributed by atoms with Gasteiger partial charge in [0.15, 0.2) is 9.84 Å². The van der Waals surface area contributed by atoms with Gasteiger partial charge in [0.05, 0.1) is 10.9 Å². The summed E-state index contributed by atoms with van der Waals surface area (Å²) in [6, 6.07) is 15.5.